The fourth-order valence-corrected chi connectivity index (χ4v) is 2.00. The van der Waals surface area contributed by atoms with E-state index in [2.05, 4.69) is 41.3 Å². The molecule has 17 heavy (non-hydrogen) atoms. The molecule has 1 fully saturated rings. The lowest BCUT2D eigenvalue weighted by molar-refractivity contribution is 0.309. The van der Waals surface area contributed by atoms with Gasteiger partial charge >= 0.3 is 0 Å². The molecule has 94 valence electrons. The van der Waals surface area contributed by atoms with Gasteiger partial charge in [0.2, 0.25) is 0 Å². The fraction of sp³-hybridized carbons (Fsp3) is 0.643. The summed E-state index contributed by atoms with van der Waals surface area (Å²) in [4.78, 5) is 7.00. The van der Waals surface area contributed by atoms with E-state index in [1.807, 2.05) is 6.07 Å². The molecule has 0 unspecified atom stereocenters. The second-order valence-corrected chi connectivity index (χ2v) is 5.08. The molecule has 3 heteroatoms. The highest BCUT2D eigenvalue weighted by Gasteiger charge is 2.22. The lowest BCUT2D eigenvalue weighted by Gasteiger charge is -2.16. The van der Waals surface area contributed by atoms with Crippen LogP contribution in [0.5, 0.6) is 0 Å². The zero-order valence-corrected chi connectivity index (χ0v) is 10.9. The van der Waals surface area contributed by atoms with Crippen LogP contribution in [0.15, 0.2) is 18.2 Å². The van der Waals surface area contributed by atoms with E-state index in [9.17, 15) is 0 Å². The van der Waals surface area contributed by atoms with Crippen LogP contribution in [0.25, 0.3) is 0 Å². The maximum atomic E-state index is 4.63. The van der Waals surface area contributed by atoms with Crippen molar-refractivity contribution in [3.05, 3.63) is 23.9 Å². The molecule has 0 radical (unpaired) electrons. The van der Waals surface area contributed by atoms with E-state index >= 15 is 0 Å². The van der Waals surface area contributed by atoms with E-state index in [1.54, 1.807) is 0 Å². The minimum atomic E-state index is 0.946. The normalized spacial score (nSPS) is 15.2. The molecule has 2 rings (SSSR count). The Hall–Kier alpha value is -1.09. The first kappa shape index (κ1) is 12.4. The zero-order chi connectivity index (χ0) is 12.1. The summed E-state index contributed by atoms with van der Waals surface area (Å²) in [6.45, 7) is 5.33. The molecule has 0 bridgehead atoms. The molecule has 1 N–H and O–H groups in total. The Morgan fingerprint density at radius 2 is 2.24 bits per heavy atom. The molecule has 1 aliphatic carbocycles. The fourth-order valence-electron chi connectivity index (χ4n) is 2.00. The number of rotatable bonds is 7. The van der Waals surface area contributed by atoms with Crippen LogP contribution in [-0.2, 0) is 6.54 Å². The Morgan fingerprint density at radius 1 is 1.41 bits per heavy atom. The molecule has 1 aromatic heterocycles. The van der Waals surface area contributed by atoms with Crippen molar-refractivity contribution < 1.29 is 0 Å². The maximum absolute atomic E-state index is 4.63. The summed E-state index contributed by atoms with van der Waals surface area (Å²) in [5.74, 6) is 1.95. The third-order valence-electron chi connectivity index (χ3n) is 3.06. The van der Waals surface area contributed by atoms with Crippen LogP contribution in [0.3, 0.4) is 0 Å². The molecular weight excluding hydrogens is 210 g/mol. The highest BCUT2D eigenvalue weighted by atomic mass is 15.1. The molecule has 1 saturated carbocycles. The number of hydrogen-bond acceptors (Lipinski definition) is 3. The van der Waals surface area contributed by atoms with Crippen molar-refractivity contribution in [2.24, 2.45) is 5.92 Å². The number of nitrogens with one attached hydrogen (secondary N) is 1. The van der Waals surface area contributed by atoms with Crippen molar-refractivity contribution in [2.75, 3.05) is 25.5 Å². The number of anilines is 1. The number of pyridine rings is 1. The predicted octanol–water partition coefficient (Wildman–Crippen LogP) is 2.75. The molecule has 0 spiro atoms. The summed E-state index contributed by atoms with van der Waals surface area (Å²) in [5, 5.41) is 3.33. The first-order chi connectivity index (χ1) is 8.28. The van der Waals surface area contributed by atoms with Crippen molar-refractivity contribution in [3.8, 4) is 0 Å². The molecule has 1 heterocycles. The minimum absolute atomic E-state index is 0.946. The predicted molar refractivity (Wildman–Crippen MR) is 72.1 cm³/mol. The Kier molecular flexibility index (Phi) is 4.37. The van der Waals surface area contributed by atoms with Gasteiger partial charge in [0.25, 0.3) is 0 Å². The van der Waals surface area contributed by atoms with Crippen molar-refractivity contribution in [2.45, 2.75) is 32.7 Å². The first-order valence-corrected chi connectivity index (χ1v) is 6.66. The molecule has 0 aromatic carbocycles. The van der Waals surface area contributed by atoms with Gasteiger partial charge in [-0.3, -0.25) is 0 Å². The largest absolute Gasteiger partial charge is 0.370 e. The van der Waals surface area contributed by atoms with Gasteiger partial charge in [0.05, 0.1) is 5.69 Å². The van der Waals surface area contributed by atoms with Crippen molar-refractivity contribution in [1.82, 2.24) is 9.88 Å². The van der Waals surface area contributed by atoms with Crippen molar-refractivity contribution in [1.29, 1.82) is 0 Å². The van der Waals surface area contributed by atoms with Gasteiger partial charge in [-0.25, -0.2) is 4.98 Å². The van der Waals surface area contributed by atoms with Gasteiger partial charge in [0, 0.05) is 19.6 Å². The molecular formula is C14H23N3. The third-order valence-corrected chi connectivity index (χ3v) is 3.06. The molecule has 0 atom stereocenters. The van der Waals surface area contributed by atoms with Gasteiger partial charge in [0.1, 0.15) is 5.82 Å². The lowest BCUT2D eigenvalue weighted by Crippen LogP contribution is -2.21. The second-order valence-electron chi connectivity index (χ2n) is 5.08. The number of aromatic nitrogens is 1. The van der Waals surface area contributed by atoms with Crippen molar-refractivity contribution in [3.63, 3.8) is 0 Å². The Labute approximate surface area is 104 Å². The summed E-state index contributed by atoms with van der Waals surface area (Å²) in [6.07, 6.45) is 3.96. The van der Waals surface area contributed by atoms with Crippen LogP contribution in [0.1, 0.15) is 31.9 Å². The molecule has 0 amide bonds. The Balaban J connectivity index is 1.85. The van der Waals surface area contributed by atoms with E-state index in [0.29, 0.717) is 0 Å². The van der Waals surface area contributed by atoms with Crippen LogP contribution in [-0.4, -0.2) is 30.0 Å². The monoisotopic (exact) mass is 233 g/mol. The second kappa shape index (κ2) is 6.01. The molecule has 1 aliphatic rings. The SMILES string of the molecule is CCCNc1cccc(CN(C)CC2CC2)n1. The Bertz CT molecular complexity index is 347. The smallest absolute Gasteiger partial charge is 0.126 e. The van der Waals surface area contributed by atoms with E-state index in [0.717, 1.165) is 36.9 Å². The summed E-state index contributed by atoms with van der Waals surface area (Å²) < 4.78 is 0. The summed E-state index contributed by atoms with van der Waals surface area (Å²) in [7, 11) is 2.19. The number of hydrogen-bond donors (Lipinski definition) is 1. The third kappa shape index (κ3) is 4.35. The van der Waals surface area contributed by atoms with Crippen LogP contribution in [0.4, 0.5) is 5.82 Å². The van der Waals surface area contributed by atoms with Gasteiger partial charge in [-0.1, -0.05) is 13.0 Å². The highest BCUT2D eigenvalue weighted by molar-refractivity contribution is 5.35. The van der Waals surface area contributed by atoms with Gasteiger partial charge in [0.15, 0.2) is 0 Å². The van der Waals surface area contributed by atoms with Crippen LogP contribution >= 0.6 is 0 Å². The van der Waals surface area contributed by atoms with Crippen LogP contribution in [0.2, 0.25) is 0 Å². The van der Waals surface area contributed by atoms with E-state index in [-0.39, 0.29) is 0 Å². The lowest BCUT2D eigenvalue weighted by atomic mass is 10.3. The standard InChI is InChI=1S/C14H23N3/c1-3-9-15-14-6-4-5-13(16-14)11-17(2)10-12-7-8-12/h4-6,12H,3,7-11H2,1-2H3,(H,15,16). The highest BCUT2D eigenvalue weighted by Crippen LogP contribution is 2.29. The van der Waals surface area contributed by atoms with Gasteiger partial charge < -0.3 is 10.2 Å². The van der Waals surface area contributed by atoms with E-state index in [1.165, 1.54) is 19.4 Å². The average Bonchev–Trinajstić information content (AvgIpc) is 3.10. The Morgan fingerprint density at radius 3 is 2.94 bits per heavy atom. The quantitative estimate of drug-likeness (QED) is 0.785. The topological polar surface area (TPSA) is 28.2 Å². The van der Waals surface area contributed by atoms with Gasteiger partial charge in [-0.15, -0.1) is 0 Å². The molecule has 0 aliphatic heterocycles. The minimum Gasteiger partial charge on any atom is -0.370 e. The van der Waals surface area contributed by atoms with E-state index < -0.39 is 0 Å². The van der Waals surface area contributed by atoms with E-state index in [4.69, 9.17) is 0 Å². The first-order valence-electron chi connectivity index (χ1n) is 6.66. The van der Waals surface area contributed by atoms with Gasteiger partial charge in [-0.2, -0.15) is 0 Å². The molecule has 3 nitrogen and oxygen atoms in total. The number of nitrogens with zero attached hydrogens (tertiary/aromatic N) is 2. The maximum Gasteiger partial charge on any atom is 0.126 e. The van der Waals surface area contributed by atoms with Crippen LogP contribution < -0.4 is 5.32 Å². The summed E-state index contributed by atoms with van der Waals surface area (Å²) in [5.41, 5.74) is 1.16. The zero-order valence-electron chi connectivity index (χ0n) is 10.9. The van der Waals surface area contributed by atoms with Crippen molar-refractivity contribution >= 4 is 5.82 Å². The molecule has 1 aromatic rings. The average molecular weight is 233 g/mol. The van der Waals surface area contributed by atoms with Crippen LogP contribution in [0, 0.1) is 5.92 Å². The van der Waals surface area contributed by atoms with Gasteiger partial charge in [-0.05, 0) is 44.4 Å². The molecule has 0 saturated heterocycles. The summed E-state index contributed by atoms with van der Waals surface area (Å²) in [6, 6.07) is 6.24. The summed E-state index contributed by atoms with van der Waals surface area (Å²) >= 11 is 0.